The lowest BCUT2D eigenvalue weighted by atomic mass is 10.2. The third-order valence-electron chi connectivity index (χ3n) is 5.49. The summed E-state index contributed by atoms with van der Waals surface area (Å²) in [6.45, 7) is 1.48. The van der Waals surface area contributed by atoms with Gasteiger partial charge in [-0.25, -0.2) is 4.98 Å². The van der Waals surface area contributed by atoms with Crippen LogP contribution in [0.2, 0.25) is 0 Å². The van der Waals surface area contributed by atoms with Gasteiger partial charge in [-0.2, -0.15) is 0 Å². The quantitative estimate of drug-likeness (QED) is 0.360. The molecule has 0 radical (unpaired) electrons. The number of hydrogen-bond donors (Lipinski definition) is 1. The number of ketones is 1. The molecule has 3 heterocycles. The highest BCUT2D eigenvalue weighted by atomic mass is 32.1. The summed E-state index contributed by atoms with van der Waals surface area (Å²) in [6.07, 6.45) is 1.32. The van der Waals surface area contributed by atoms with Crippen LogP contribution in [-0.4, -0.2) is 28.4 Å². The maximum atomic E-state index is 13.2. The molecule has 0 atom stereocenters. The van der Waals surface area contributed by atoms with E-state index < -0.39 is 0 Å². The van der Waals surface area contributed by atoms with Gasteiger partial charge in [0.15, 0.2) is 5.76 Å². The molecule has 3 aromatic heterocycles. The molecule has 5 aromatic rings. The van der Waals surface area contributed by atoms with Gasteiger partial charge in [0.2, 0.25) is 5.78 Å². The van der Waals surface area contributed by atoms with Gasteiger partial charge in [0.05, 0.1) is 35.9 Å². The summed E-state index contributed by atoms with van der Waals surface area (Å²) in [5.41, 5.74) is 1.25. The summed E-state index contributed by atoms with van der Waals surface area (Å²) < 4.78 is 12.1. The second-order valence-corrected chi connectivity index (χ2v) is 8.64. The number of anilines is 1. The molecule has 34 heavy (non-hydrogen) atoms. The van der Waals surface area contributed by atoms with Crippen molar-refractivity contribution in [3.63, 3.8) is 0 Å². The number of carbonyl (C=O) groups excluding carboxylic acids is 2. The Bertz CT molecular complexity index is 1600. The van der Waals surface area contributed by atoms with Crippen molar-refractivity contribution in [2.45, 2.75) is 13.5 Å². The van der Waals surface area contributed by atoms with Gasteiger partial charge in [0.25, 0.3) is 11.5 Å². The number of aryl methyl sites for hydroxylation is 1. The van der Waals surface area contributed by atoms with Crippen molar-refractivity contribution in [1.29, 1.82) is 0 Å². The van der Waals surface area contributed by atoms with E-state index in [2.05, 4.69) is 10.3 Å². The Morgan fingerprint density at radius 3 is 2.71 bits per heavy atom. The molecule has 0 unspecified atom stereocenters. The van der Waals surface area contributed by atoms with Crippen molar-refractivity contribution in [3.05, 3.63) is 87.5 Å². The van der Waals surface area contributed by atoms with E-state index >= 15 is 0 Å². The normalized spacial score (nSPS) is 11.1. The first-order chi connectivity index (χ1) is 16.5. The van der Waals surface area contributed by atoms with Crippen molar-refractivity contribution in [1.82, 2.24) is 9.55 Å². The van der Waals surface area contributed by atoms with Gasteiger partial charge in [-0.1, -0.05) is 30.3 Å². The van der Waals surface area contributed by atoms with Gasteiger partial charge in [-0.15, -0.1) is 11.3 Å². The first-order valence-electron chi connectivity index (χ1n) is 10.4. The first-order valence-corrected chi connectivity index (χ1v) is 11.2. The van der Waals surface area contributed by atoms with Gasteiger partial charge in [-0.3, -0.25) is 19.0 Å². The molecule has 0 bridgehead atoms. The molecule has 0 saturated carbocycles. The molecule has 0 aliphatic rings. The fraction of sp³-hybridized carbons (Fsp3) is 0.120. The predicted molar refractivity (Wildman–Crippen MR) is 130 cm³/mol. The zero-order valence-corrected chi connectivity index (χ0v) is 19.1. The maximum absolute atomic E-state index is 13.2. The summed E-state index contributed by atoms with van der Waals surface area (Å²) in [7, 11) is 1.52. The number of nitrogens with zero attached hydrogens (tertiary/aromatic N) is 2. The molecule has 9 heteroatoms. The van der Waals surface area contributed by atoms with E-state index in [1.165, 1.54) is 18.0 Å². The van der Waals surface area contributed by atoms with E-state index in [1.54, 1.807) is 43.3 Å². The molecule has 1 N–H and O–H groups in total. The monoisotopic (exact) mass is 473 g/mol. The number of thiophene rings is 1. The Hall–Kier alpha value is -4.24. The maximum Gasteiger partial charge on any atom is 0.266 e. The predicted octanol–water partition coefficient (Wildman–Crippen LogP) is 4.66. The van der Waals surface area contributed by atoms with Gasteiger partial charge in [-0.05, 0) is 36.8 Å². The number of fused-ring (bicyclic) bond motifs is 2. The number of para-hydroxylation sites is 3. The average Bonchev–Trinajstić information content (AvgIpc) is 3.43. The number of aromatic nitrogens is 2. The SMILES string of the molecule is COc1ccccc1NC(=O)c1sc2ncn(CC(=O)c3cc4ccccc4o3)c(=O)c2c1C. The zero-order valence-electron chi connectivity index (χ0n) is 18.3. The molecule has 5 rings (SSSR count). The van der Waals surface area contributed by atoms with Crippen molar-refractivity contribution in [3.8, 4) is 5.75 Å². The van der Waals surface area contributed by atoms with E-state index in [0.717, 1.165) is 16.7 Å². The summed E-state index contributed by atoms with van der Waals surface area (Å²) in [5.74, 6) is -0.0120. The minimum absolute atomic E-state index is 0.173. The fourth-order valence-electron chi connectivity index (χ4n) is 3.77. The van der Waals surface area contributed by atoms with Crippen LogP contribution in [0.4, 0.5) is 5.69 Å². The van der Waals surface area contributed by atoms with Crippen molar-refractivity contribution >= 4 is 49.9 Å². The van der Waals surface area contributed by atoms with Crippen LogP contribution in [0.3, 0.4) is 0 Å². The number of hydrogen-bond acceptors (Lipinski definition) is 7. The van der Waals surface area contributed by atoms with Gasteiger partial charge in [0.1, 0.15) is 16.2 Å². The second kappa shape index (κ2) is 8.60. The number of rotatable bonds is 6. The summed E-state index contributed by atoms with van der Waals surface area (Å²) >= 11 is 1.13. The van der Waals surface area contributed by atoms with E-state index in [9.17, 15) is 14.4 Å². The average molecular weight is 474 g/mol. The van der Waals surface area contributed by atoms with Crippen LogP contribution in [0.25, 0.3) is 21.2 Å². The van der Waals surface area contributed by atoms with Crippen LogP contribution < -0.4 is 15.6 Å². The lowest BCUT2D eigenvalue weighted by Gasteiger charge is -2.09. The van der Waals surface area contributed by atoms with Gasteiger partial charge < -0.3 is 14.5 Å². The minimum Gasteiger partial charge on any atom is -0.495 e. The van der Waals surface area contributed by atoms with E-state index in [1.807, 2.05) is 18.2 Å². The Labute approximate surface area is 197 Å². The van der Waals surface area contributed by atoms with Crippen LogP contribution in [0.15, 0.2) is 70.1 Å². The van der Waals surface area contributed by atoms with Crippen LogP contribution in [0.5, 0.6) is 5.75 Å². The number of furan rings is 1. The number of Topliss-reactive ketones (excluding diaryl/α,β-unsaturated/α-hetero) is 1. The number of carbonyl (C=O) groups is 2. The number of methoxy groups -OCH3 is 1. The highest BCUT2D eigenvalue weighted by molar-refractivity contribution is 7.20. The van der Waals surface area contributed by atoms with Crippen molar-refractivity contribution < 1.29 is 18.7 Å². The number of nitrogens with one attached hydrogen (secondary N) is 1. The standard InChI is InChI=1S/C25H19N3O5S/c1-14-21-24(34-22(14)23(30)27-16-8-4-6-10-19(16)32-2)26-13-28(25(21)31)12-17(29)20-11-15-7-3-5-9-18(15)33-20/h3-11,13H,12H2,1-2H3,(H,27,30). The van der Waals surface area contributed by atoms with Crippen LogP contribution in [-0.2, 0) is 6.54 Å². The van der Waals surface area contributed by atoms with Crippen LogP contribution in [0.1, 0.15) is 25.8 Å². The summed E-state index contributed by atoms with van der Waals surface area (Å²) in [4.78, 5) is 44.0. The lowest BCUT2D eigenvalue weighted by molar-refractivity contribution is 0.0945. The summed E-state index contributed by atoms with van der Waals surface area (Å²) in [5, 5.41) is 3.95. The Kier molecular flexibility index (Phi) is 5.46. The molecule has 0 spiro atoms. The Morgan fingerprint density at radius 1 is 1.15 bits per heavy atom. The smallest absolute Gasteiger partial charge is 0.266 e. The van der Waals surface area contributed by atoms with Crippen molar-refractivity contribution in [2.75, 3.05) is 12.4 Å². The highest BCUT2D eigenvalue weighted by Crippen LogP contribution is 2.29. The van der Waals surface area contributed by atoms with Gasteiger partial charge in [0, 0.05) is 5.39 Å². The molecular weight excluding hydrogens is 454 g/mol. The highest BCUT2D eigenvalue weighted by Gasteiger charge is 2.21. The number of benzene rings is 2. The van der Waals surface area contributed by atoms with E-state index in [0.29, 0.717) is 37.7 Å². The van der Waals surface area contributed by atoms with Crippen LogP contribution >= 0.6 is 11.3 Å². The second-order valence-electron chi connectivity index (χ2n) is 7.64. The van der Waals surface area contributed by atoms with E-state index in [4.69, 9.17) is 9.15 Å². The number of ether oxygens (including phenoxy) is 1. The zero-order chi connectivity index (χ0) is 23.8. The fourth-order valence-corrected chi connectivity index (χ4v) is 4.80. The van der Waals surface area contributed by atoms with Crippen LogP contribution in [0, 0.1) is 6.92 Å². The molecular formula is C25H19N3O5S. The minimum atomic E-state index is -0.389. The topological polar surface area (TPSA) is 103 Å². The largest absolute Gasteiger partial charge is 0.495 e. The molecule has 170 valence electrons. The molecule has 0 aliphatic carbocycles. The first kappa shape index (κ1) is 21.6. The third kappa shape index (κ3) is 3.75. The molecule has 0 saturated heterocycles. The summed E-state index contributed by atoms with van der Waals surface area (Å²) in [6, 6.07) is 16.0. The van der Waals surface area contributed by atoms with Gasteiger partial charge >= 0.3 is 0 Å². The molecule has 0 aliphatic heterocycles. The van der Waals surface area contributed by atoms with E-state index in [-0.39, 0.29) is 29.6 Å². The molecule has 8 nitrogen and oxygen atoms in total. The van der Waals surface area contributed by atoms with Crippen molar-refractivity contribution in [2.24, 2.45) is 0 Å². The molecule has 0 fully saturated rings. The number of amides is 1. The molecule has 2 aromatic carbocycles. The lowest BCUT2D eigenvalue weighted by Crippen LogP contribution is -2.24. The molecule has 1 amide bonds. The third-order valence-corrected chi connectivity index (χ3v) is 6.69. The Morgan fingerprint density at radius 2 is 1.91 bits per heavy atom. The Balaban J connectivity index is 1.45.